The number of benzene rings is 2. The fourth-order valence-corrected chi connectivity index (χ4v) is 4.01. The van der Waals surface area contributed by atoms with E-state index in [9.17, 15) is 9.59 Å². The first-order valence-electron chi connectivity index (χ1n) is 9.07. The summed E-state index contributed by atoms with van der Waals surface area (Å²) in [6.07, 6.45) is 1.64. The molecule has 144 valence electrons. The Morgan fingerprint density at radius 1 is 1.21 bits per heavy atom. The van der Waals surface area contributed by atoms with Gasteiger partial charge in [-0.3, -0.25) is 14.2 Å². The predicted molar refractivity (Wildman–Crippen MR) is 115 cm³/mol. The van der Waals surface area contributed by atoms with Gasteiger partial charge in [-0.25, -0.2) is 4.98 Å². The van der Waals surface area contributed by atoms with Gasteiger partial charge < -0.3 is 5.32 Å². The van der Waals surface area contributed by atoms with Crippen LogP contribution in [0.4, 0.5) is 0 Å². The van der Waals surface area contributed by atoms with Crippen LogP contribution in [0.2, 0.25) is 0 Å². The van der Waals surface area contributed by atoms with Gasteiger partial charge in [0, 0.05) is 6.54 Å². The second kappa shape index (κ2) is 8.44. The van der Waals surface area contributed by atoms with Crippen molar-refractivity contribution < 1.29 is 4.79 Å². The summed E-state index contributed by atoms with van der Waals surface area (Å²) in [4.78, 5) is 30.4. The van der Waals surface area contributed by atoms with Gasteiger partial charge in [-0.15, -0.1) is 6.58 Å². The van der Waals surface area contributed by atoms with Crippen LogP contribution in [0.3, 0.4) is 0 Å². The molecule has 1 N–H and O–H groups in total. The van der Waals surface area contributed by atoms with Crippen molar-refractivity contribution in [2.24, 2.45) is 0 Å². The van der Waals surface area contributed by atoms with Gasteiger partial charge >= 0.3 is 0 Å². The number of carbonyl (C=O) groups excluding carboxylic acids is 1. The van der Waals surface area contributed by atoms with Gasteiger partial charge in [-0.05, 0) is 44.0 Å². The Hall–Kier alpha value is -2.86. The Bertz CT molecular complexity index is 1080. The maximum atomic E-state index is 13.4. The molecule has 3 aromatic rings. The first-order valence-corrected chi connectivity index (χ1v) is 9.95. The lowest BCUT2D eigenvalue weighted by Gasteiger charge is -2.19. The van der Waals surface area contributed by atoms with E-state index in [0.29, 0.717) is 22.6 Å². The van der Waals surface area contributed by atoms with E-state index in [1.54, 1.807) is 23.6 Å². The lowest BCUT2D eigenvalue weighted by molar-refractivity contribution is -0.120. The van der Waals surface area contributed by atoms with E-state index in [1.807, 2.05) is 50.2 Å². The highest BCUT2D eigenvalue weighted by atomic mass is 32.2. The third kappa shape index (κ3) is 3.87. The average Bonchev–Trinajstić information content (AvgIpc) is 2.68. The van der Waals surface area contributed by atoms with Crippen LogP contribution in [0, 0.1) is 13.8 Å². The largest absolute Gasteiger partial charge is 0.352 e. The second-order valence-corrected chi connectivity index (χ2v) is 7.89. The third-order valence-corrected chi connectivity index (χ3v) is 5.53. The van der Waals surface area contributed by atoms with Crippen LogP contribution in [-0.4, -0.2) is 27.3 Å². The van der Waals surface area contributed by atoms with Crippen LogP contribution in [0.5, 0.6) is 0 Å². The van der Waals surface area contributed by atoms with Crippen molar-refractivity contribution in [3.63, 3.8) is 0 Å². The highest BCUT2D eigenvalue weighted by Crippen LogP contribution is 2.27. The smallest absolute Gasteiger partial charge is 0.266 e. The van der Waals surface area contributed by atoms with Crippen molar-refractivity contribution in [2.75, 3.05) is 6.54 Å². The van der Waals surface area contributed by atoms with E-state index in [4.69, 9.17) is 4.98 Å². The zero-order valence-electron chi connectivity index (χ0n) is 16.2. The Labute approximate surface area is 168 Å². The molecule has 1 atom stereocenters. The molecule has 3 rings (SSSR count). The van der Waals surface area contributed by atoms with E-state index < -0.39 is 5.25 Å². The molecule has 1 heterocycles. The molecule has 1 amide bonds. The number of fused-ring (bicyclic) bond motifs is 1. The molecule has 28 heavy (non-hydrogen) atoms. The quantitative estimate of drug-likeness (QED) is 0.393. The molecule has 6 heteroatoms. The number of para-hydroxylation sites is 2. The van der Waals surface area contributed by atoms with E-state index in [1.165, 1.54) is 11.8 Å². The van der Waals surface area contributed by atoms with Crippen LogP contribution < -0.4 is 10.9 Å². The van der Waals surface area contributed by atoms with Crippen molar-refractivity contribution in [2.45, 2.75) is 31.2 Å². The molecule has 0 saturated heterocycles. The number of aromatic nitrogens is 2. The van der Waals surface area contributed by atoms with Crippen molar-refractivity contribution in [1.82, 2.24) is 14.9 Å². The number of nitrogens with zero attached hydrogens (tertiary/aromatic N) is 2. The van der Waals surface area contributed by atoms with E-state index in [2.05, 4.69) is 11.9 Å². The minimum atomic E-state index is -0.413. The number of hydrogen-bond donors (Lipinski definition) is 1. The number of carbonyl (C=O) groups is 1. The van der Waals surface area contributed by atoms with Gasteiger partial charge in [-0.1, -0.05) is 48.2 Å². The third-order valence-electron chi connectivity index (χ3n) is 4.48. The van der Waals surface area contributed by atoms with Crippen molar-refractivity contribution in [3.05, 3.63) is 76.6 Å². The Morgan fingerprint density at radius 3 is 2.57 bits per heavy atom. The molecule has 2 aromatic carbocycles. The number of amides is 1. The molecule has 0 aliphatic carbocycles. The molecular formula is C22H23N3O2S. The van der Waals surface area contributed by atoms with Gasteiger partial charge in [0.15, 0.2) is 5.16 Å². The van der Waals surface area contributed by atoms with Gasteiger partial charge in [0.2, 0.25) is 5.91 Å². The van der Waals surface area contributed by atoms with Gasteiger partial charge in [0.25, 0.3) is 5.56 Å². The normalized spacial score (nSPS) is 12.0. The minimum Gasteiger partial charge on any atom is -0.352 e. The number of aryl methyl sites for hydroxylation is 2. The molecular weight excluding hydrogens is 370 g/mol. The van der Waals surface area contributed by atoms with Crippen molar-refractivity contribution in [3.8, 4) is 5.69 Å². The van der Waals surface area contributed by atoms with E-state index in [-0.39, 0.29) is 11.5 Å². The highest BCUT2D eigenvalue weighted by molar-refractivity contribution is 8.00. The van der Waals surface area contributed by atoms with Crippen molar-refractivity contribution >= 4 is 28.6 Å². The summed E-state index contributed by atoms with van der Waals surface area (Å²) in [5.41, 5.74) is 3.25. The van der Waals surface area contributed by atoms with Gasteiger partial charge in [0.1, 0.15) is 0 Å². The van der Waals surface area contributed by atoms with E-state index in [0.717, 1.165) is 16.8 Å². The molecule has 5 nitrogen and oxygen atoms in total. The molecule has 1 unspecified atom stereocenters. The van der Waals surface area contributed by atoms with Gasteiger partial charge in [0.05, 0.1) is 21.8 Å². The van der Waals surface area contributed by atoms with Crippen LogP contribution >= 0.6 is 11.8 Å². The first-order chi connectivity index (χ1) is 13.4. The SMILES string of the molecule is C=CCNC(=O)C(C)Sc1nc2ccccc2c(=O)n1-c1c(C)cccc1C. The molecule has 0 aliphatic rings. The maximum Gasteiger partial charge on any atom is 0.266 e. The summed E-state index contributed by atoms with van der Waals surface area (Å²) in [7, 11) is 0. The molecule has 0 aliphatic heterocycles. The predicted octanol–water partition coefficient (Wildman–Crippen LogP) is 3.79. The zero-order chi connectivity index (χ0) is 20.3. The topological polar surface area (TPSA) is 64.0 Å². The maximum absolute atomic E-state index is 13.4. The molecule has 0 fully saturated rings. The molecule has 0 bridgehead atoms. The lowest BCUT2D eigenvalue weighted by atomic mass is 10.1. The molecule has 0 saturated carbocycles. The fraction of sp³-hybridized carbons (Fsp3) is 0.227. The number of hydrogen-bond acceptors (Lipinski definition) is 4. The average molecular weight is 394 g/mol. The summed E-state index contributed by atoms with van der Waals surface area (Å²) in [6, 6.07) is 13.2. The summed E-state index contributed by atoms with van der Waals surface area (Å²) in [6.45, 7) is 9.76. The Kier molecular flexibility index (Phi) is 5.99. The summed E-state index contributed by atoms with van der Waals surface area (Å²) in [5.74, 6) is -0.125. The van der Waals surface area contributed by atoms with E-state index >= 15 is 0 Å². The lowest BCUT2D eigenvalue weighted by Crippen LogP contribution is -2.32. The summed E-state index contributed by atoms with van der Waals surface area (Å²) in [5, 5.41) is 3.44. The monoisotopic (exact) mass is 393 g/mol. The molecule has 0 spiro atoms. The molecule has 1 aromatic heterocycles. The number of thioether (sulfide) groups is 1. The van der Waals surface area contributed by atoms with Crippen LogP contribution in [-0.2, 0) is 4.79 Å². The fourth-order valence-electron chi connectivity index (χ4n) is 3.08. The number of nitrogens with one attached hydrogen (secondary N) is 1. The highest BCUT2D eigenvalue weighted by Gasteiger charge is 2.21. The van der Waals surface area contributed by atoms with Gasteiger partial charge in [-0.2, -0.15) is 0 Å². The Morgan fingerprint density at radius 2 is 1.89 bits per heavy atom. The van der Waals surface area contributed by atoms with Crippen LogP contribution in [0.15, 0.2) is 65.1 Å². The van der Waals surface area contributed by atoms with Crippen molar-refractivity contribution in [1.29, 1.82) is 0 Å². The minimum absolute atomic E-state index is 0.125. The second-order valence-electron chi connectivity index (χ2n) is 6.59. The zero-order valence-corrected chi connectivity index (χ0v) is 17.0. The summed E-state index contributed by atoms with van der Waals surface area (Å²) >= 11 is 1.28. The molecule has 0 radical (unpaired) electrons. The standard InChI is InChI=1S/C22H23N3O2S/c1-5-13-23-20(26)16(4)28-22-24-18-12-7-6-11-17(18)21(27)25(22)19-14(2)9-8-10-15(19)3/h5-12,16H,1,13H2,2-4H3,(H,23,26). The first kappa shape index (κ1) is 19.9. The Balaban J connectivity index is 2.19. The number of rotatable bonds is 6. The van der Waals surface area contributed by atoms with Crippen LogP contribution in [0.1, 0.15) is 18.1 Å². The van der Waals surface area contributed by atoms with Crippen LogP contribution in [0.25, 0.3) is 16.6 Å². The summed E-state index contributed by atoms with van der Waals surface area (Å²) < 4.78 is 1.63.